The first kappa shape index (κ1) is 16.6. The summed E-state index contributed by atoms with van der Waals surface area (Å²) in [6.45, 7) is 2.77. The van der Waals surface area contributed by atoms with Crippen LogP contribution in [-0.2, 0) is 4.74 Å². The van der Waals surface area contributed by atoms with Crippen molar-refractivity contribution in [2.45, 2.75) is 6.92 Å². The third-order valence-electron chi connectivity index (χ3n) is 3.18. The lowest BCUT2D eigenvalue weighted by Crippen LogP contribution is -2.14. The van der Waals surface area contributed by atoms with Gasteiger partial charge in [0, 0.05) is 24.9 Å². The van der Waals surface area contributed by atoms with Crippen molar-refractivity contribution in [1.82, 2.24) is 4.98 Å². The van der Waals surface area contributed by atoms with Crippen LogP contribution in [0.3, 0.4) is 0 Å². The first-order valence-corrected chi connectivity index (χ1v) is 7.21. The second-order valence-electron chi connectivity index (χ2n) is 4.94. The minimum Gasteiger partial charge on any atom is -0.383 e. The van der Waals surface area contributed by atoms with E-state index in [1.165, 1.54) is 6.92 Å². The number of hydrogen-bond donors (Lipinski definition) is 2. The van der Waals surface area contributed by atoms with Gasteiger partial charge in [-0.1, -0.05) is 0 Å². The van der Waals surface area contributed by atoms with Gasteiger partial charge in [0.05, 0.1) is 18.5 Å². The highest BCUT2D eigenvalue weighted by Crippen LogP contribution is 2.12. The molecule has 1 heterocycles. The number of nitrogens with one attached hydrogen (secondary N) is 2. The minimum absolute atomic E-state index is 0.0129. The maximum absolute atomic E-state index is 12.1. The summed E-state index contributed by atoms with van der Waals surface area (Å²) in [6.07, 6.45) is 1.60. The van der Waals surface area contributed by atoms with Crippen LogP contribution >= 0.6 is 0 Å². The molecule has 2 rings (SSSR count). The van der Waals surface area contributed by atoms with E-state index in [-0.39, 0.29) is 11.7 Å². The number of aromatic nitrogens is 1. The molecule has 1 aromatic carbocycles. The van der Waals surface area contributed by atoms with Crippen LogP contribution in [0.5, 0.6) is 0 Å². The molecule has 0 aliphatic heterocycles. The molecule has 0 unspecified atom stereocenters. The Bertz CT molecular complexity index is 666. The van der Waals surface area contributed by atoms with Crippen LogP contribution in [0.25, 0.3) is 0 Å². The molecule has 2 aromatic rings. The summed E-state index contributed by atoms with van der Waals surface area (Å²) in [5.41, 5.74) is 2.36. The van der Waals surface area contributed by atoms with E-state index < -0.39 is 0 Å². The van der Waals surface area contributed by atoms with E-state index in [4.69, 9.17) is 4.74 Å². The number of methoxy groups -OCH3 is 1. The van der Waals surface area contributed by atoms with E-state index in [2.05, 4.69) is 15.6 Å². The zero-order valence-corrected chi connectivity index (χ0v) is 13.1. The molecule has 0 saturated heterocycles. The standard InChI is InChI=1S/C17H19N3O3/c1-12(21)13-3-5-14(6-4-13)20-17(22)16-8-7-15(11-19-16)18-9-10-23-2/h3-8,11,18H,9-10H2,1-2H3,(H,20,22). The lowest BCUT2D eigenvalue weighted by molar-refractivity contribution is 0.101. The van der Waals surface area contributed by atoms with Crippen molar-refractivity contribution in [3.05, 3.63) is 53.9 Å². The van der Waals surface area contributed by atoms with Crippen LogP contribution in [-0.4, -0.2) is 36.9 Å². The van der Waals surface area contributed by atoms with Crippen molar-refractivity contribution in [3.8, 4) is 0 Å². The average molecular weight is 313 g/mol. The van der Waals surface area contributed by atoms with Gasteiger partial charge in [0.2, 0.25) is 0 Å². The van der Waals surface area contributed by atoms with E-state index >= 15 is 0 Å². The number of rotatable bonds is 7. The van der Waals surface area contributed by atoms with Crippen molar-refractivity contribution in [1.29, 1.82) is 0 Å². The lowest BCUT2D eigenvalue weighted by Gasteiger charge is -2.07. The number of ketones is 1. The molecule has 120 valence electrons. The maximum atomic E-state index is 12.1. The molecule has 1 amide bonds. The smallest absolute Gasteiger partial charge is 0.274 e. The Balaban J connectivity index is 1.96. The normalized spacial score (nSPS) is 10.2. The second kappa shape index (κ2) is 8.05. The predicted octanol–water partition coefficient (Wildman–Crippen LogP) is 2.59. The van der Waals surface area contributed by atoms with Crippen LogP contribution in [0.1, 0.15) is 27.8 Å². The SMILES string of the molecule is COCCNc1ccc(C(=O)Nc2ccc(C(C)=O)cc2)nc1. The highest BCUT2D eigenvalue weighted by molar-refractivity contribution is 6.03. The fraction of sp³-hybridized carbons (Fsp3) is 0.235. The monoisotopic (exact) mass is 313 g/mol. The number of carbonyl (C=O) groups excluding carboxylic acids is 2. The Morgan fingerprint density at radius 2 is 1.78 bits per heavy atom. The van der Waals surface area contributed by atoms with Gasteiger partial charge in [0.25, 0.3) is 5.91 Å². The highest BCUT2D eigenvalue weighted by atomic mass is 16.5. The van der Waals surface area contributed by atoms with Gasteiger partial charge in [-0.05, 0) is 43.3 Å². The summed E-state index contributed by atoms with van der Waals surface area (Å²) in [5.74, 6) is -0.315. The third kappa shape index (κ3) is 4.89. The molecule has 0 radical (unpaired) electrons. The van der Waals surface area contributed by atoms with Gasteiger partial charge >= 0.3 is 0 Å². The first-order chi connectivity index (χ1) is 11.1. The fourth-order valence-corrected chi connectivity index (χ4v) is 1.91. The van der Waals surface area contributed by atoms with Gasteiger partial charge in [0.15, 0.2) is 5.78 Å². The van der Waals surface area contributed by atoms with E-state index in [0.717, 1.165) is 5.69 Å². The van der Waals surface area contributed by atoms with E-state index in [9.17, 15) is 9.59 Å². The summed E-state index contributed by atoms with van der Waals surface area (Å²) < 4.78 is 4.95. The Morgan fingerprint density at radius 1 is 1.09 bits per heavy atom. The van der Waals surface area contributed by atoms with Crippen molar-refractivity contribution in [2.75, 3.05) is 30.9 Å². The molecule has 23 heavy (non-hydrogen) atoms. The molecule has 0 bridgehead atoms. The van der Waals surface area contributed by atoms with Crippen molar-refractivity contribution >= 4 is 23.1 Å². The lowest BCUT2D eigenvalue weighted by atomic mass is 10.1. The number of Topliss-reactive ketones (excluding diaryl/α,β-unsaturated/α-hetero) is 1. The zero-order valence-electron chi connectivity index (χ0n) is 13.1. The molecule has 0 aliphatic carbocycles. The Morgan fingerprint density at radius 3 is 2.35 bits per heavy atom. The number of hydrogen-bond acceptors (Lipinski definition) is 5. The minimum atomic E-state index is -0.302. The molecule has 0 saturated carbocycles. The molecular formula is C17H19N3O3. The number of benzene rings is 1. The maximum Gasteiger partial charge on any atom is 0.274 e. The first-order valence-electron chi connectivity index (χ1n) is 7.21. The van der Waals surface area contributed by atoms with Gasteiger partial charge in [-0.2, -0.15) is 0 Å². The molecule has 6 nitrogen and oxygen atoms in total. The summed E-state index contributed by atoms with van der Waals surface area (Å²) >= 11 is 0. The summed E-state index contributed by atoms with van der Waals surface area (Å²) in [6, 6.07) is 10.2. The van der Waals surface area contributed by atoms with Gasteiger partial charge in [-0.25, -0.2) is 4.98 Å². The summed E-state index contributed by atoms with van der Waals surface area (Å²) in [5, 5.41) is 5.87. The number of pyridine rings is 1. The quantitative estimate of drug-likeness (QED) is 0.606. The van der Waals surface area contributed by atoms with Gasteiger partial charge < -0.3 is 15.4 Å². The van der Waals surface area contributed by atoms with Gasteiger partial charge in [-0.15, -0.1) is 0 Å². The van der Waals surface area contributed by atoms with Crippen LogP contribution in [0, 0.1) is 0 Å². The van der Waals surface area contributed by atoms with E-state index in [1.807, 2.05) is 0 Å². The molecule has 0 aliphatic rings. The Labute approximate surface area is 134 Å². The highest BCUT2D eigenvalue weighted by Gasteiger charge is 2.08. The molecule has 0 fully saturated rings. The molecule has 0 atom stereocenters. The van der Waals surface area contributed by atoms with Crippen LogP contribution in [0.2, 0.25) is 0 Å². The van der Waals surface area contributed by atoms with Crippen LogP contribution in [0.4, 0.5) is 11.4 Å². The van der Waals surface area contributed by atoms with Gasteiger partial charge in [0.1, 0.15) is 5.69 Å². The molecule has 6 heteroatoms. The third-order valence-corrected chi connectivity index (χ3v) is 3.18. The number of anilines is 2. The number of nitrogens with zero attached hydrogens (tertiary/aromatic N) is 1. The number of ether oxygens (including phenoxy) is 1. The summed E-state index contributed by atoms with van der Waals surface area (Å²) in [7, 11) is 1.64. The van der Waals surface area contributed by atoms with Crippen LogP contribution < -0.4 is 10.6 Å². The average Bonchev–Trinajstić information content (AvgIpc) is 2.56. The number of amides is 1. The summed E-state index contributed by atoms with van der Waals surface area (Å²) in [4.78, 5) is 27.5. The molecule has 2 N–H and O–H groups in total. The van der Waals surface area contributed by atoms with Gasteiger partial charge in [-0.3, -0.25) is 9.59 Å². The number of carbonyl (C=O) groups is 2. The van der Waals surface area contributed by atoms with Crippen molar-refractivity contribution in [2.24, 2.45) is 0 Å². The van der Waals surface area contributed by atoms with Crippen LogP contribution in [0.15, 0.2) is 42.6 Å². The topological polar surface area (TPSA) is 80.3 Å². The second-order valence-corrected chi connectivity index (χ2v) is 4.94. The van der Waals surface area contributed by atoms with E-state index in [0.29, 0.717) is 30.1 Å². The largest absolute Gasteiger partial charge is 0.383 e. The Kier molecular flexibility index (Phi) is 5.82. The molecular weight excluding hydrogens is 294 g/mol. The fourth-order valence-electron chi connectivity index (χ4n) is 1.91. The van der Waals surface area contributed by atoms with E-state index in [1.54, 1.807) is 49.7 Å². The Hall–Kier alpha value is -2.73. The van der Waals surface area contributed by atoms with Crippen molar-refractivity contribution in [3.63, 3.8) is 0 Å². The molecule has 1 aromatic heterocycles. The van der Waals surface area contributed by atoms with Crippen molar-refractivity contribution < 1.29 is 14.3 Å². The molecule has 0 spiro atoms. The predicted molar refractivity (Wildman–Crippen MR) is 89.0 cm³/mol. The zero-order chi connectivity index (χ0) is 16.7.